The van der Waals surface area contributed by atoms with E-state index < -0.39 is 0 Å². The minimum atomic E-state index is -0.117. The lowest BCUT2D eigenvalue weighted by Gasteiger charge is -2.61. The summed E-state index contributed by atoms with van der Waals surface area (Å²) >= 11 is 0. The number of rotatable bonds is 5. The minimum Gasteiger partial charge on any atom is -0.469 e. The van der Waals surface area contributed by atoms with Crippen molar-refractivity contribution in [2.45, 2.75) is 104 Å². The van der Waals surface area contributed by atoms with Crippen molar-refractivity contribution in [3.05, 3.63) is 0 Å². The average molecular weight is 433 g/mol. The van der Waals surface area contributed by atoms with Gasteiger partial charge in [-0.25, -0.2) is 0 Å². The van der Waals surface area contributed by atoms with E-state index in [2.05, 4.69) is 20.8 Å². The van der Waals surface area contributed by atoms with Gasteiger partial charge in [-0.05, 0) is 111 Å². The van der Waals surface area contributed by atoms with Gasteiger partial charge in [-0.3, -0.25) is 9.59 Å². The second-order valence-corrected chi connectivity index (χ2v) is 12.0. The van der Waals surface area contributed by atoms with Crippen molar-refractivity contribution in [2.75, 3.05) is 7.11 Å². The molecule has 176 valence electrons. The summed E-state index contributed by atoms with van der Waals surface area (Å²) in [5, 5.41) is 0. The van der Waals surface area contributed by atoms with Crippen LogP contribution in [0.15, 0.2) is 0 Å². The monoisotopic (exact) mass is 432 g/mol. The molecule has 0 heterocycles. The normalized spacial score (nSPS) is 45.1. The molecule has 0 spiro atoms. The molecule has 9 atom stereocenters. The van der Waals surface area contributed by atoms with E-state index in [-0.39, 0.29) is 18.0 Å². The van der Waals surface area contributed by atoms with Crippen LogP contribution in [0.2, 0.25) is 0 Å². The van der Waals surface area contributed by atoms with E-state index in [1.165, 1.54) is 52.1 Å². The van der Waals surface area contributed by atoms with Crippen molar-refractivity contribution < 1.29 is 19.1 Å². The Bertz CT molecular complexity index is 689. The Kier molecular flexibility index (Phi) is 6.49. The van der Waals surface area contributed by atoms with Crippen LogP contribution < -0.4 is 0 Å². The Hall–Kier alpha value is -1.06. The highest BCUT2D eigenvalue weighted by Crippen LogP contribution is 2.68. The highest BCUT2D eigenvalue weighted by molar-refractivity contribution is 5.69. The van der Waals surface area contributed by atoms with Crippen LogP contribution in [-0.4, -0.2) is 25.2 Å². The number of hydrogen-bond donors (Lipinski definition) is 0. The molecule has 0 saturated heterocycles. The Labute approximate surface area is 189 Å². The summed E-state index contributed by atoms with van der Waals surface area (Å²) in [4.78, 5) is 23.2. The fraction of sp³-hybridized carbons (Fsp3) is 0.926. The minimum absolute atomic E-state index is 0.0640. The molecule has 0 aliphatic heterocycles. The molecule has 0 aromatic carbocycles. The molecule has 4 aliphatic rings. The largest absolute Gasteiger partial charge is 0.469 e. The highest BCUT2D eigenvalue weighted by atomic mass is 16.5. The zero-order chi connectivity index (χ0) is 22.4. The quantitative estimate of drug-likeness (QED) is 0.488. The third-order valence-electron chi connectivity index (χ3n) is 10.7. The smallest absolute Gasteiger partial charge is 0.305 e. The maximum atomic E-state index is 11.7. The van der Waals surface area contributed by atoms with Gasteiger partial charge in [0, 0.05) is 13.3 Å². The number of ether oxygens (including phenoxy) is 2. The molecule has 4 heteroatoms. The van der Waals surface area contributed by atoms with Crippen LogP contribution in [0, 0.1) is 46.3 Å². The zero-order valence-corrected chi connectivity index (χ0v) is 20.5. The van der Waals surface area contributed by atoms with E-state index in [1.807, 2.05) is 0 Å². The molecular formula is C27H44O4. The zero-order valence-electron chi connectivity index (χ0n) is 20.5. The summed E-state index contributed by atoms with van der Waals surface area (Å²) in [5.41, 5.74) is 0.865. The molecule has 4 saturated carbocycles. The molecule has 0 aromatic heterocycles. The first-order valence-corrected chi connectivity index (χ1v) is 12.9. The molecule has 0 amide bonds. The third-order valence-corrected chi connectivity index (χ3v) is 10.7. The van der Waals surface area contributed by atoms with Crippen molar-refractivity contribution in [3.8, 4) is 0 Å². The number of hydrogen-bond acceptors (Lipinski definition) is 4. The van der Waals surface area contributed by atoms with Crippen LogP contribution in [0.25, 0.3) is 0 Å². The Balaban J connectivity index is 1.45. The lowest BCUT2D eigenvalue weighted by atomic mass is 9.44. The van der Waals surface area contributed by atoms with E-state index >= 15 is 0 Å². The molecule has 4 fully saturated rings. The number of fused-ring (bicyclic) bond motifs is 5. The van der Waals surface area contributed by atoms with Gasteiger partial charge in [-0.15, -0.1) is 0 Å². The second-order valence-electron chi connectivity index (χ2n) is 12.0. The van der Waals surface area contributed by atoms with Gasteiger partial charge >= 0.3 is 11.9 Å². The Morgan fingerprint density at radius 2 is 1.68 bits per heavy atom. The van der Waals surface area contributed by atoms with E-state index in [0.717, 1.165) is 42.9 Å². The fourth-order valence-electron chi connectivity index (χ4n) is 9.18. The van der Waals surface area contributed by atoms with Crippen LogP contribution in [0.5, 0.6) is 0 Å². The summed E-state index contributed by atoms with van der Waals surface area (Å²) in [7, 11) is 1.50. The Morgan fingerprint density at radius 1 is 0.968 bits per heavy atom. The van der Waals surface area contributed by atoms with E-state index in [0.29, 0.717) is 29.1 Å². The predicted molar refractivity (Wildman–Crippen MR) is 121 cm³/mol. The molecule has 0 radical (unpaired) electrons. The molecule has 0 bridgehead atoms. The van der Waals surface area contributed by atoms with Gasteiger partial charge < -0.3 is 9.47 Å². The van der Waals surface area contributed by atoms with E-state index in [9.17, 15) is 9.59 Å². The molecule has 0 unspecified atom stereocenters. The van der Waals surface area contributed by atoms with Crippen molar-refractivity contribution in [1.82, 2.24) is 0 Å². The van der Waals surface area contributed by atoms with Gasteiger partial charge in [0.15, 0.2) is 0 Å². The third kappa shape index (κ3) is 4.06. The molecular weight excluding hydrogens is 388 g/mol. The van der Waals surface area contributed by atoms with Gasteiger partial charge in [-0.2, -0.15) is 0 Å². The van der Waals surface area contributed by atoms with Crippen LogP contribution in [-0.2, 0) is 19.1 Å². The van der Waals surface area contributed by atoms with Gasteiger partial charge in [0.2, 0.25) is 0 Å². The molecule has 4 aliphatic carbocycles. The van der Waals surface area contributed by atoms with Crippen LogP contribution in [0.3, 0.4) is 0 Å². The summed E-state index contributed by atoms with van der Waals surface area (Å²) < 4.78 is 10.5. The average Bonchev–Trinajstić information content (AvgIpc) is 3.09. The fourth-order valence-corrected chi connectivity index (χ4v) is 9.18. The number of carbonyl (C=O) groups excluding carboxylic acids is 2. The van der Waals surface area contributed by atoms with Gasteiger partial charge in [0.05, 0.1) is 7.11 Å². The summed E-state index contributed by atoms with van der Waals surface area (Å²) in [6.07, 6.45) is 13.1. The number of carbonyl (C=O) groups is 2. The molecule has 0 aromatic rings. The standard InChI is InChI=1S/C27H44O4/c1-17(6-11-25(29)30-5)22-9-10-23-21-8-7-19-16-20(31-18(2)28)12-14-26(19,3)24(21)13-15-27(22,23)4/h17,19-24H,6-16H2,1-5H3/t17-,19-,20-,21+,22-,23+,24+,26+,27-/m1/s1. The molecule has 31 heavy (non-hydrogen) atoms. The van der Waals surface area contributed by atoms with E-state index in [4.69, 9.17) is 9.47 Å². The lowest BCUT2D eigenvalue weighted by Crippen LogP contribution is -2.54. The highest BCUT2D eigenvalue weighted by Gasteiger charge is 2.60. The Morgan fingerprint density at radius 3 is 2.39 bits per heavy atom. The lowest BCUT2D eigenvalue weighted by molar-refractivity contribution is -0.160. The topological polar surface area (TPSA) is 52.6 Å². The number of esters is 2. The first-order valence-electron chi connectivity index (χ1n) is 12.9. The van der Waals surface area contributed by atoms with Gasteiger partial charge in [-0.1, -0.05) is 20.8 Å². The summed E-state index contributed by atoms with van der Waals surface area (Å²) in [6.45, 7) is 9.09. The van der Waals surface area contributed by atoms with Crippen molar-refractivity contribution in [2.24, 2.45) is 46.3 Å². The van der Waals surface area contributed by atoms with Crippen LogP contribution >= 0.6 is 0 Å². The first-order chi connectivity index (χ1) is 14.7. The molecule has 4 rings (SSSR count). The van der Waals surface area contributed by atoms with Crippen LogP contribution in [0.4, 0.5) is 0 Å². The maximum absolute atomic E-state index is 11.7. The SMILES string of the molecule is COC(=O)CC[C@@H](C)[C@H]1CC[C@H]2[C@@H]3CC[C@@H]4C[C@H](OC(C)=O)CC[C@]4(C)[C@H]3CC[C@]12C. The van der Waals surface area contributed by atoms with Crippen molar-refractivity contribution in [1.29, 1.82) is 0 Å². The maximum Gasteiger partial charge on any atom is 0.305 e. The van der Waals surface area contributed by atoms with Crippen LogP contribution in [0.1, 0.15) is 98.3 Å². The van der Waals surface area contributed by atoms with Gasteiger partial charge in [0.1, 0.15) is 6.10 Å². The first kappa shape index (κ1) is 23.1. The summed E-state index contributed by atoms with van der Waals surface area (Å²) in [5.74, 6) is 4.42. The molecule has 0 N–H and O–H groups in total. The van der Waals surface area contributed by atoms with Gasteiger partial charge in [0.25, 0.3) is 0 Å². The molecule has 4 nitrogen and oxygen atoms in total. The predicted octanol–water partition coefficient (Wildman–Crippen LogP) is 6.17. The van der Waals surface area contributed by atoms with Crippen molar-refractivity contribution in [3.63, 3.8) is 0 Å². The second kappa shape index (κ2) is 8.71. The van der Waals surface area contributed by atoms with Crippen molar-refractivity contribution >= 4 is 11.9 Å². The summed E-state index contributed by atoms with van der Waals surface area (Å²) in [6, 6.07) is 0. The van der Waals surface area contributed by atoms with E-state index in [1.54, 1.807) is 6.92 Å². The number of methoxy groups -OCH3 is 1.